The van der Waals surface area contributed by atoms with Crippen molar-refractivity contribution in [2.75, 3.05) is 0 Å². The molecule has 144 valence electrons. The smallest absolute Gasteiger partial charge is 0.528 e. The maximum atomic E-state index is 7.60. The Hall–Kier alpha value is 1.35. The van der Waals surface area contributed by atoms with Crippen LogP contribution in [0.2, 0.25) is 0 Å². The maximum Gasteiger partial charge on any atom is 6.00 e. The fourth-order valence-corrected chi connectivity index (χ4v) is 0. The first-order chi connectivity index (χ1) is 10.4. The van der Waals surface area contributed by atoms with Crippen LogP contribution in [0, 0.1) is 0 Å². The molecule has 19 heteroatoms. The molecule has 6 N–H and O–H groups in total. The van der Waals surface area contributed by atoms with Gasteiger partial charge in [0.15, 0.2) is 0 Å². The number of rotatable bonds is 0. The molecule has 0 heterocycles. The van der Waals surface area contributed by atoms with Crippen molar-refractivity contribution in [1.29, 1.82) is 0 Å². The first kappa shape index (κ1) is 45.2. The standard InChI is InChI=1S/6CH2OS2.W/c6*2-1(3)4;/h6*(H2,2,3,4);/q;;;;;;+6/p-6. The zero-order valence-electron chi connectivity index (χ0n) is 11.0. The van der Waals surface area contributed by atoms with Crippen LogP contribution in [0.3, 0.4) is 0 Å². The second-order valence-electron chi connectivity index (χ2n) is 1.60. The summed E-state index contributed by atoms with van der Waals surface area (Å²) in [5, 5.41) is 45.6. The summed E-state index contributed by atoms with van der Waals surface area (Å²) >= 11 is 46.9. The Balaban J connectivity index is -0.0000000309. The summed E-state index contributed by atoms with van der Waals surface area (Å²) in [6, 6.07) is 0. The van der Waals surface area contributed by atoms with E-state index in [1.165, 1.54) is 0 Å². The van der Waals surface area contributed by atoms with Crippen LogP contribution < -0.4 is 0 Å². The fraction of sp³-hybridized carbons (Fsp3) is 0. The minimum Gasteiger partial charge on any atom is -0.528 e. The van der Waals surface area contributed by atoms with Crippen LogP contribution in [-0.2, 0) is 96.8 Å². The van der Waals surface area contributed by atoms with E-state index in [-0.39, 0.29) is 21.1 Å². The predicted molar refractivity (Wildman–Crippen MR) is 136 cm³/mol. The van der Waals surface area contributed by atoms with Gasteiger partial charge in [-0.15, -0.1) is 0 Å². The van der Waals surface area contributed by atoms with Crippen molar-refractivity contribution in [3.8, 4) is 0 Å². The van der Waals surface area contributed by atoms with Crippen LogP contribution in [0.15, 0.2) is 0 Å². The van der Waals surface area contributed by atoms with Crippen LogP contribution in [0.4, 0.5) is 0 Å². The Morgan fingerprint density at radius 1 is 0.360 bits per heavy atom. The van der Waals surface area contributed by atoms with Gasteiger partial charge in [0.1, 0.15) is 0 Å². The normalized spacial score (nSPS) is 5.76. The molecule has 0 saturated heterocycles. The Morgan fingerprint density at radius 3 is 0.360 bits per heavy atom. The average Bonchev–Trinajstić information content (AvgIpc) is 2.08. The van der Waals surface area contributed by atoms with Crippen molar-refractivity contribution in [3.63, 3.8) is 0 Å². The molecule has 25 heavy (non-hydrogen) atoms. The van der Waals surface area contributed by atoms with E-state index in [1.54, 1.807) is 0 Å². The Bertz CT molecular complexity index is 273. The first-order valence-corrected chi connectivity index (χ1v) is 8.69. The van der Waals surface area contributed by atoms with Gasteiger partial charge in [-0.2, -0.15) is 0 Å². The molecule has 0 aliphatic heterocycles. The molecule has 0 spiro atoms. The predicted octanol–water partition coefficient (Wildman–Crippen LogP) is 2.25. The van der Waals surface area contributed by atoms with E-state index in [1.807, 2.05) is 0 Å². The second-order valence-corrected chi connectivity index (χ2v) is 7.79. The van der Waals surface area contributed by atoms with E-state index in [0.29, 0.717) is 0 Å². The number of hydrogen-bond acceptors (Lipinski definition) is 12. The molecule has 0 aromatic rings. The molecule has 0 rings (SSSR count). The van der Waals surface area contributed by atoms with Crippen molar-refractivity contribution in [1.82, 2.24) is 0 Å². The van der Waals surface area contributed by atoms with E-state index in [9.17, 15) is 0 Å². The molecule has 6 nitrogen and oxygen atoms in total. The number of hydrogen-bond donors (Lipinski definition) is 6. The molecule has 0 aliphatic carbocycles. The molecule has 0 atom stereocenters. The summed E-state index contributed by atoms with van der Waals surface area (Å²) in [6.07, 6.45) is 0. The number of aliphatic hydroxyl groups is 6. The summed E-state index contributed by atoms with van der Waals surface area (Å²) in [4.78, 5) is 0. The fourth-order valence-electron chi connectivity index (χ4n) is 0. The molecule has 0 aliphatic rings. The minimum atomic E-state index is -0.417. The van der Waals surface area contributed by atoms with Crippen LogP contribution in [-0.4, -0.2) is 56.9 Å². The molecule has 0 amide bonds. The van der Waals surface area contributed by atoms with Gasteiger partial charge in [-0.3, -0.25) is 0 Å². The number of thiocarbonyl (C=S) groups is 6. The summed E-state index contributed by atoms with van der Waals surface area (Å²) in [5.74, 6) is 0. The van der Waals surface area contributed by atoms with Crippen molar-refractivity contribution < 1.29 is 51.7 Å². The van der Waals surface area contributed by atoms with Crippen LogP contribution in [0.25, 0.3) is 0 Å². The van der Waals surface area contributed by atoms with Crippen molar-refractivity contribution in [2.24, 2.45) is 0 Å². The summed E-state index contributed by atoms with van der Waals surface area (Å²) in [6.45, 7) is 0. The molecule has 0 aromatic carbocycles. The van der Waals surface area contributed by atoms with Gasteiger partial charge in [0.25, 0.3) is 0 Å². The molecule has 0 radical (unpaired) electrons. The topological polar surface area (TPSA) is 121 Å². The van der Waals surface area contributed by atoms with E-state index in [0.717, 1.165) is 0 Å². The van der Waals surface area contributed by atoms with E-state index >= 15 is 0 Å². The zero-order chi connectivity index (χ0) is 21.5. The quantitative estimate of drug-likeness (QED) is 0.161. The number of aliphatic hydroxyl groups excluding tert-OH is 6. The van der Waals surface area contributed by atoms with Gasteiger partial charge >= 0.3 is 21.1 Å². The summed E-state index contributed by atoms with van der Waals surface area (Å²) < 4.78 is -2.50. The summed E-state index contributed by atoms with van der Waals surface area (Å²) in [7, 11) is 0. The SMILES string of the molecule is OC(=S)[S-].OC(=S)[S-].OC(=S)[S-].OC(=S)[S-].OC(=S)[S-].OC(=S)[S-].[W+6]. The van der Waals surface area contributed by atoms with E-state index < -0.39 is 26.3 Å². The molecular weight excluding hydrogens is 737 g/mol. The Labute approximate surface area is 224 Å². The second kappa shape index (κ2) is 40.1. The van der Waals surface area contributed by atoms with E-state index in [2.05, 4.69) is 149 Å². The van der Waals surface area contributed by atoms with Crippen LogP contribution >= 0.6 is 73.3 Å². The van der Waals surface area contributed by atoms with Crippen molar-refractivity contribution in [3.05, 3.63) is 0 Å². The Morgan fingerprint density at radius 2 is 0.360 bits per heavy atom. The Kier molecular flexibility index (Phi) is 72.6. The zero-order valence-corrected chi connectivity index (χ0v) is 23.7. The molecule has 0 saturated carbocycles. The van der Waals surface area contributed by atoms with Crippen molar-refractivity contribution in [2.45, 2.75) is 0 Å². The van der Waals surface area contributed by atoms with Crippen LogP contribution in [0.1, 0.15) is 0 Å². The monoisotopic (exact) mass is 742 g/mol. The van der Waals surface area contributed by atoms with Gasteiger partial charge in [-0.1, -0.05) is 0 Å². The van der Waals surface area contributed by atoms with Gasteiger partial charge in [0.2, 0.25) is 0 Å². The largest absolute Gasteiger partial charge is 6.00 e. The third kappa shape index (κ3) is 7600. The van der Waals surface area contributed by atoms with Gasteiger partial charge in [-0.05, 0) is 0 Å². The first-order valence-electron chi connectivity index (χ1n) is 3.79. The molecule has 0 unspecified atom stereocenters. The molecule has 0 bridgehead atoms. The van der Waals surface area contributed by atoms with Gasteiger partial charge < -0.3 is 180 Å². The average molecular weight is 743 g/mol. The van der Waals surface area contributed by atoms with E-state index in [4.69, 9.17) is 30.6 Å². The van der Waals surface area contributed by atoms with Gasteiger partial charge in [-0.25, -0.2) is 0 Å². The minimum absolute atomic E-state index is 0. The van der Waals surface area contributed by atoms with Gasteiger partial charge in [0.05, 0.1) is 0 Å². The maximum absolute atomic E-state index is 7.60. The van der Waals surface area contributed by atoms with Crippen LogP contribution in [0.5, 0.6) is 0 Å². The molecular formula is C6H6O6S12W. The third-order valence-electron chi connectivity index (χ3n) is 0. The molecule has 0 aromatic heterocycles. The summed E-state index contributed by atoms with van der Waals surface area (Å²) in [5.41, 5.74) is 0. The molecule has 0 fully saturated rings. The third-order valence-corrected chi connectivity index (χ3v) is 0. The van der Waals surface area contributed by atoms with Gasteiger partial charge in [0, 0.05) is 26.3 Å². The van der Waals surface area contributed by atoms with Crippen molar-refractivity contribution >= 4 is 175 Å².